The first-order valence-corrected chi connectivity index (χ1v) is 4.24. The first-order valence-electron chi connectivity index (χ1n) is 4.24. The molecule has 0 aliphatic carbocycles. The summed E-state index contributed by atoms with van der Waals surface area (Å²) in [6, 6.07) is 6.80. The van der Waals surface area contributed by atoms with Gasteiger partial charge in [-0.1, -0.05) is 0 Å². The van der Waals surface area contributed by atoms with Crippen LogP contribution in [0.5, 0.6) is 5.75 Å². The van der Waals surface area contributed by atoms with E-state index in [0.29, 0.717) is 11.6 Å². The van der Waals surface area contributed by atoms with Gasteiger partial charge in [-0.05, 0) is 31.2 Å². The smallest absolute Gasteiger partial charge is 0.153 e. The molecular weight excluding hydrogens is 194 g/mol. The highest BCUT2D eigenvalue weighted by molar-refractivity contribution is 5.97. The maximum absolute atomic E-state index is 5.65. The highest BCUT2D eigenvalue weighted by atomic mass is 16.6. The van der Waals surface area contributed by atoms with Gasteiger partial charge in [0.05, 0.1) is 0 Å². The van der Waals surface area contributed by atoms with Crippen molar-refractivity contribution in [3.8, 4) is 5.75 Å². The SMILES string of the molecule is C/C(N)=N/N=C(\N)c1ccc(ON)cc1. The first kappa shape index (κ1) is 11.0. The van der Waals surface area contributed by atoms with Crippen molar-refractivity contribution in [2.45, 2.75) is 6.92 Å². The highest BCUT2D eigenvalue weighted by Gasteiger charge is 1.98. The molecule has 0 aromatic heterocycles. The zero-order valence-electron chi connectivity index (χ0n) is 8.34. The summed E-state index contributed by atoms with van der Waals surface area (Å²) in [6.07, 6.45) is 0. The summed E-state index contributed by atoms with van der Waals surface area (Å²) in [4.78, 5) is 4.52. The summed E-state index contributed by atoms with van der Waals surface area (Å²) in [5, 5.41) is 7.38. The second kappa shape index (κ2) is 4.97. The Morgan fingerprint density at radius 3 is 2.20 bits per heavy atom. The van der Waals surface area contributed by atoms with Crippen molar-refractivity contribution in [2.75, 3.05) is 0 Å². The molecule has 0 aliphatic heterocycles. The maximum Gasteiger partial charge on any atom is 0.153 e. The Hall–Kier alpha value is -2.08. The molecular formula is C9H13N5O. The third-order valence-corrected chi connectivity index (χ3v) is 1.60. The molecule has 0 saturated carbocycles. The molecule has 0 unspecified atom stereocenters. The van der Waals surface area contributed by atoms with Gasteiger partial charge in [0.15, 0.2) is 5.84 Å². The molecule has 1 aromatic carbocycles. The van der Waals surface area contributed by atoms with E-state index in [1.54, 1.807) is 31.2 Å². The number of benzene rings is 1. The van der Waals surface area contributed by atoms with Gasteiger partial charge in [-0.25, -0.2) is 0 Å². The molecule has 0 heterocycles. The number of hydrogen-bond acceptors (Lipinski definition) is 4. The van der Waals surface area contributed by atoms with Crippen molar-refractivity contribution in [2.24, 2.45) is 27.6 Å². The third-order valence-electron chi connectivity index (χ3n) is 1.60. The molecule has 15 heavy (non-hydrogen) atoms. The molecule has 0 bridgehead atoms. The average molecular weight is 207 g/mol. The normalized spacial score (nSPS) is 12.7. The Morgan fingerprint density at radius 2 is 1.73 bits per heavy atom. The predicted molar refractivity (Wildman–Crippen MR) is 59.3 cm³/mol. The quantitative estimate of drug-likeness (QED) is 0.366. The van der Waals surface area contributed by atoms with E-state index in [4.69, 9.17) is 17.4 Å². The number of nitrogens with two attached hydrogens (primary N) is 3. The maximum atomic E-state index is 5.65. The summed E-state index contributed by atoms with van der Waals surface area (Å²) in [5.41, 5.74) is 11.7. The Morgan fingerprint density at radius 1 is 1.13 bits per heavy atom. The molecule has 0 saturated heterocycles. The van der Waals surface area contributed by atoms with Gasteiger partial charge in [0.2, 0.25) is 0 Å². The van der Waals surface area contributed by atoms with E-state index in [1.807, 2.05) is 0 Å². The van der Waals surface area contributed by atoms with Crippen molar-refractivity contribution in [3.63, 3.8) is 0 Å². The minimum Gasteiger partial charge on any atom is -0.412 e. The number of rotatable bonds is 3. The molecule has 0 atom stereocenters. The first-order chi connectivity index (χ1) is 7.13. The van der Waals surface area contributed by atoms with Crippen LogP contribution in [0.15, 0.2) is 34.5 Å². The van der Waals surface area contributed by atoms with Crippen LogP contribution in [0, 0.1) is 0 Å². The Bertz CT molecular complexity index is 378. The lowest BCUT2D eigenvalue weighted by atomic mass is 10.2. The molecule has 0 amide bonds. The fraction of sp³-hybridized carbons (Fsp3) is 0.111. The van der Waals surface area contributed by atoms with Gasteiger partial charge in [0, 0.05) is 5.56 Å². The van der Waals surface area contributed by atoms with Gasteiger partial charge in [-0.3, -0.25) is 0 Å². The Labute approximate surface area is 87.4 Å². The number of amidine groups is 2. The zero-order chi connectivity index (χ0) is 11.3. The minimum atomic E-state index is 0.281. The Kier molecular flexibility index (Phi) is 3.64. The summed E-state index contributed by atoms with van der Waals surface area (Å²) in [7, 11) is 0. The monoisotopic (exact) mass is 207 g/mol. The summed E-state index contributed by atoms with van der Waals surface area (Å²) >= 11 is 0. The number of hydrogen-bond donors (Lipinski definition) is 3. The van der Waals surface area contributed by atoms with Crippen molar-refractivity contribution < 1.29 is 4.84 Å². The van der Waals surface area contributed by atoms with Crippen LogP contribution in [0.4, 0.5) is 0 Å². The molecule has 6 nitrogen and oxygen atoms in total. The molecule has 0 fully saturated rings. The van der Waals surface area contributed by atoms with Crippen LogP contribution in [0.1, 0.15) is 12.5 Å². The van der Waals surface area contributed by atoms with E-state index in [0.717, 1.165) is 5.56 Å². The van der Waals surface area contributed by atoms with Crippen LogP contribution in [0.25, 0.3) is 0 Å². The van der Waals surface area contributed by atoms with Crippen LogP contribution in [0.3, 0.4) is 0 Å². The molecule has 0 radical (unpaired) electrons. The molecule has 6 N–H and O–H groups in total. The fourth-order valence-corrected chi connectivity index (χ4v) is 0.895. The molecule has 0 aliphatic rings. The van der Waals surface area contributed by atoms with E-state index in [-0.39, 0.29) is 5.84 Å². The van der Waals surface area contributed by atoms with Crippen molar-refractivity contribution in [1.82, 2.24) is 0 Å². The molecule has 1 aromatic rings. The van der Waals surface area contributed by atoms with E-state index < -0.39 is 0 Å². The summed E-state index contributed by atoms with van der Waals surface area (Å²) in [6.45, 7) is 1.63. The van der Waals surface area contributed by atoms with Gasteiger partial charge in [-0.2, -0.15) is 5.90 Å². The third kappa shape index (κ3) is 3.28. The topological polar surface area (TPSA) is 112 Å². The van der Waals surface area contributed by atoms with Crippen molar-refractivity contribution in [1.29, 1.82) is 0 Å². The van der Waals surface area contributed by atoms with Gasteiger partial charge < -0.3 is 16.3 Å². The molecule has 0 spiro atoms. The van der Waals surface area contributed by atoms with Gasteiger partial charge in [0.25, 0.3) is 0 Å². The fourth-order valence-electron chi connectivity index (χ4n) is 0.895. The van der Waals surface area contributed by atoms with E-state index in [1.165, 1.54) is 0 Å². The Balaban J connectivity index is 2.87. The van der Waals surface area contributed by atoms with Crippen LogP contribution in [-0.4, -0.2) is 11.7 Å². The average Bonchev–Trinajstić information content (AvgIpc) is 2.26. The van der Waals surface area contributed by atoms with Crippen LogP contribution >= 0.6 is 0 Å². The van der Waals surface area contributed by atoms with Gasteiger partial charge >= 0.3 is 0 Å². The van der Waals surface area contributed by atoms with E-state index >= 15 is 0 Å². The number of nitrogens with zero attached hydrogens (tertiary/aromatic N) is 2. The lowest BCUT2D eigenvalue weighted by Gasteiger charge is -2.00. The van der Waals surface area contributed by atoms with Crippen LogP contribution < -0.4 is 22.2 Å². The molecule has 6 heteroatoms. The summed E-state index contributed by atoms with van der Waals surface area (Å²) < 4.78 is 0. The van der Waals surface area contributed by atoms with Crippen LogP contribution in [0.2, 0.25) is 0 Å². The second-order valence-corrected chi connectivity index (χ2v) is 2.87. The standard InChI is InChI=1S/C9H13N5O/c1-6(10)13-14-9(11)7-2-4-8(15-12)5-3-7/h2-5H,12H2,1H3,(H2,10,13)(H2,11,14). The minimum absolute atomic E-state index is 0.281. The zero-order valence-corrected chi connectivity index (χ0v) is 8.34. The highest BCUT2D eigenvalue weighted by Crippen LogP contribution is 2.10. The van der Waals surface area contributed by atoms with E-state index in [9.17, 15) is 0 Å². The van der Waals surface area contributed by atoms with Gasteiger partial charge in [-0.15, -0.1) is 10.2 Å². The van der Waals surface area contributed by atoms with E-state index in [2.05, 4.69) is 15.0 Å². The largest absolute Gasteiger partial charge is 0.412 e. The van der Waals surface area contributed by atoms with Crippen LogP contribution in [-0.2, 0) is 0 Å². The second-order valence-electron chi connectivity index (χ2n) is 2.87. The molecule has 80 valence electrons. The predicted octanol–water partition coefficient (Wildman–Crippen LogP) is -0.0635. The molecule has 1 rings (SSSR count). The lowest BCUT2D eigenvalue weighted by Crippen LogP contribution is -2.14. The summed E-state index contributed by atoms with van der Waals surface area (Å²) in [5.74, 6) is 6.15. The van der Waals surface area contributed by atoms with Crippen molar-refractivity contribution >= 4 is 11.7 Å². The van der Waals surface area contributed by atoms with Gasteiger partial charge in [0.1, 0.15) is 11.6 Å². The lowest BCUT2D eigenvalue weighted by molar-refractivity contribution is 0.334. The van der Waals surface area contributed by atoms with Crippen molar-refractivity contribution in [3.05, 3.63) is 29.8 Å².